The number of carboxylic acid groups (broad SMARTS) is 1. The van der Waals surface area contributed by atoms with Crippen LogP contribution in [-0.4, -0.2) is 30.7 Å². The van der Waals surface area contributed by atoms with Crippen LogP contribution in [0.15, 0.2) is 12.1 Å². The van der Waals surface area contributed by atoms with E-state index in [0.717, 1.165) is 11.3 Å². The Labute approximate surface area is 103 Å². The molecule has 94 valence electrons. The van der Waals surface area contributed by atoms with E-state index < -0.39 is 5.97 Å². The molecular weight excluding hydrogens is 242 g/mol. The van der Waals surface area contributed by atoms with Crippen molar-refractivity contribution in [3.05, 3.63) is 17.0 Å². The molecule has 5 nitrogen and oxygen atoms in total. The lowest BCUT2D eigenvalue weighted by atomic mass is 10.1. The Kier molecular flexibility index (Phi) is 5.11. The Bertz CT molecular complexity index is 402. The van der Waals surface area contributed by atoms with E-state index in [0.29, 0.717) is 18.0 Å². The number of nitrogens with one attached hydrogen (secondary N) is 1. The van der Waals surface area contributed by atoms with Crippen molar-refractivity contribution in [3.63, 3.8) is 0 Å². The van der Waals surface area contributed by atoms with Gasteiger partial charge in [-0.2, -0.15) is 0 Å². The van der Waals surface area contributed by atoms with Crippen LogP contribution in [0.1, 0.15) is 23.0 Å². The molecule has 1 aromatic heterocycles. The Morgan fingerprint density at radius 3 is 2.76 bits per heavy atom. The summed E-state index contributed by atoms with van der Waals surface area (Å²) in [6.07, 6.45) is 0.355. The molecule has 1 aromatic rings. The van der Waals surface area contributed by atoms with Crippen LogP contribution in [0.4, 0.5) is 5.00 Å². The van der Waals surface area contributed by atoms with E-state index in [9.17, 15) is 9.59 Å². The van der Waals surface area contributed by atoms with Gasteiger partial charge in [-0.3, -0.25) is 4.79 Å². The number of anilines is 1. The Morgan fingerprint density at radius 2 is 2.24 bits per heavy atom. The summed E-state index contributed by atoms with van der Waals surface area (Å²) < 4.78 is 4.94. The second-order valence-corrected chi connectivity index (χ2v) is 4.87. The third-order valence-electron chi connectivity index (χ3n) is 2.06. The van der Waals surface area contributed by atoms with Gasteiger partial charge >= 0.3 is 5.97 Å². The number of amides is 1. The topological polar surface area (TPSA) is 75.6 Å². The Morgan fingerprint density at radius 1 is 1.53 bits per heavy atom. The number of methoxy groups -OCH3 is 1. The maximum absolute atomic E-state index is 11.6. The number of hydrogen-bond donors (Lipinski definition) is 2. The van der Waals surface area contributed by atoms with Crippen LogP contribution in [0.2, 0.25) is 0 Å². The highest BCUT2D eigenvalue weighted by atomic mass is 32.1. The zero-order chi connectivity index (χ0) is 12.8. The number of carbonyl (C=O) groups excluding carboxylic acids is 1. The molecule has 1 rings (SSSR count). The van der Waals surface area contributed by atoms with E-state index >= 15 is 0 Å². The first-order valence-corrected chi connectivity index (χ1v) is 5.96. The Balaban J connectivity index is 2.47. The second kappa shape index (κ2) is 6.36. The smallest absolute Gasteiger partial charge is 0.345 e. The van der Waals surface area contributed by atoms with E-state index in [2.05, 4.69) is 5.32 Å². The summed E-state index contributed by atoms with van der Waals surface area (Å²) in [5.74, 6) is -0.976. The fourth-order valence-electron chi connectivity index (χ4n) is 1.37. The molecule has 0 saturated carbocycles. The maximum Gasteiger partial charge on any atom is 0.345 e. The standard InChI is InChI=1S/C11H15NO4S/c1-7(6-16-2)5-9(13)12-10-4-3-8(17-10)11(14)15/h3-4,7H,5-6H2,1-2H3,(H,12,13)(H,14,15). The minimum Gasteiger partial charge on any atom is -0.477 e. The molecule has 1 amide bonds. The molecule has 1 heterocycles. The Hall–Kier alpha value is -1.40. The molecule has 0 aliphatic heterocycles. The molecule has 0 spiro atoms. The van der Waals surface area contributed by atoms with Crippen molar-refractivity contribution < 1.29 is 19.4 Å². The highest BCUT2D eigenvalue weighted by molar-refractivity contribution is 7.18. The van der Waals surface area contributed by atoms with Crippen LogP contribution in [0, 0.1) is 5.92 Å². The van der Waals surface area contributed by atoms with Gasteiger partial charge in [0.2, 0.25) is 5.91 Å². The van der Waals surface area contributed by atoms with Gasteiger partial charge in [0.25, 0.3) is 0 Å². The van der Waals surface area contributed by atoms with E-state index in [-0.39, 0.29) is 16.7 Å². The van der Waals surface area contributed by atoms with Crippen LogP contribution in [0.3, 0.4) is 0 Å². The first kappa shape index (κ1) is 13.7. The van der Waals surface area contributed by atoms with E-state index in [1.165, 1.54) is 6.07 Å². The zero-order valence-electron chi connectivity index (χ0n) is 9.73. The molecule has 6 heteroatoms. The molecule has 0 aliphatic rings. The fourth-order valence-corrected chi connectivity index (χ4v) is 2.13. The predicted octanol–water partition coefficient (Wildman–Crippen LogP) is 2.06. The van der Waals surface area contributed by atoms with Crippen molar-refractivity contribution in [1.29, 1.82) is 0 Å². The molecule has 2 N–H and O–H groups in total. The number of hydrogen-bond acceptors (Lipinski definition) is 4. The highest BCUT2D eigenvalue weighted by Gasteiger charge is 2.12. The molecule has 0 radical (unpaired) electrons. The average molecular weight is 257 g/mol. The van der Waals surface area contributed by atoms with Gasteiger partial charge in [-0.1, -0.05) is 6.92 Å². The van der Waals surface area contributed by atoms with E-state index in [1.807, 2.05) is 6.92 Å². The van der Waals surface area contributed by atoms with Crippen molar-refractivity contribution in [1.82, 2.24) is 0 Å². The molecule has 0 aromatic carbocycles. The van der Waals surface area contributed by atoms with Crippen LogP contribution in [-0.2, 0) is 9.53 Å². The van der Waals surface area contributed by atoms with E-state index in [1.54, 1.807) is 13.2 Å². The number of ether oxygens (including phenoxy) is 1. The minimum absolute atomic E-state index is 0.131. The summed E-state index contributed by atoms with van der Waals surface area (Å²) in [6.45, 7) is 2.44. The van der Waals surface area contributed by atoms with E-state index in [4.69, 9.17) is 9.84 Å². The summed E-state index contributed by atoms with van der Waals surface area (Å²) in [6, 6.07) is 3.06. The maximum atomic E-state index is 11.6. The lowest BCUT2D eigenvalue weighted by Crippen LogP contribution is -2.16. The van der Waals surface area contributed by atoms with Crippen LogP contribution in [0.5, 0.6) is 0 Å². The van der Waals surface area contributed by atoms with Crippen molar-refractivity contribution in [2.24, 2.45) is 5.92 Å². The molecule has 1 unspecified atom stereocenters. The van der Waals surface area contributed by atoms with Gasteiger partial charge in [-0.05, 0) is 18.1 Å². The largest absolute Gasteiger partial charge is 0.477 e. The van der Waals surface area contributed by atoms with Gasteiger partial charge in [0, 0.05) is 20.1 Å². The third-order valence-corrected chi connectivity index (χ3v) is 3.05. The number of thiophene rings is 1. The summed E-state index contributed by atoms with van der Waals surface area (Å²) in [5, 5.41) is 11.9. The first-order valence-electron chi connectivity index (χ1n) is 5.15. The van der Waals surface area contributed by atoms with Gasteiger partial charge in [0.15, 0.2) is 0 Å². The van der Waals surface area contributed by atoms with Gasteiger partial charge in [-0.15, -0.1) is 11.3 Å². The summed E-state index contributed by atoms with van der Waals surface area (Å²) >= 11 is 1.05. The number of carbonyl (C=O) groups is 2. The second-order valence-electron chi connectivity index (χ2n) is 3.78. The summed E-state index contributed by atoms with van der Waals surface area (Å²) in [7, 11) is 1.59. The SMILES string of the molecule is COCC(C)CC(=O)Nc1ccc(C(=O)O)s1. The summed E-state index contributed by atoms with van der Waals surface area (Å²) in [4.78, 5) is 22.4. The van der Waals surface area contributed by atoms with Crippen LogP contribution >= 0.6 is 11.3 Å². The molecular formula is C11H15NO4S. The fraction of sp³-hybridized carbons (Fsp3) is 0.455. The van der Waals surface area contributed by atoms with Gasteiger partial charge < -0.3 is 15.2 Å². The third kappa shape index (κ3) is 4.54. The van der Waals surface area contributed by atoms with Crippen molar-refractivity contribution in [2.45, 2.75) is 13.3 Å². The monoisotopic (exact) mass is 257 g/mol. The molecule has 0 fully saturated rings. The molecule has 1 atom stereocenters. The van der Waals surface area contributed by atoms with Gasteiger partial charge in [0.05, 0.1) is 5.00 Å². The van der Waals surface area contributed by atoms with Crippen molar-refractivity contribution in [2.75, 3.05) is 19.0 Å². The quantitative estimate of drug-likeness (QED) is 0.818. The lowest BCUT2D eigenvalue weighted by molar-refractivity contribution is -0.117. The lowest BCUT2D eigenvalue weighted by Gasteiger charge is -2.09. The first-order chi connectivity index (χ1) is 8.02. The number of carboxylic acids is 1. The number of rotatable bonds is 6. The molecule has 0 saturated heterocycles. The normalized spacial score (nSPS) is 12.1. The minimum atomic E-state index is -0.983. The van der Waals surface area contributed by atoms with Gasteiger partial charge in [-0.25, -0.2) is 4.79 Å². The van der Waals surface area contributed by atoms with Gasteiger partial charge in [0.1, 0.15) is 4.88 Å². The molecule has 17 heavy (non-hydrogen) atoms. The van der Waals surface area contributed by atoms with Crippen molar-refractivity contribution >= 4 is 28.2 Å². The average Bonchev–Trinajstić information content (AvgIpc) is 2.66. The number of aromatic carboxylic acids is 1. The van der Waals surface area contributed by atoms with Crippen LogP contribution in [0.25, 0.3) is 0 Å². The highest BCUT2D eigenvalue weighted by Crippen LogP contribution is 2.22. The van der Waals surface area contributed by atoms with Crippen molar-refractivity contribution in [3.8, 4) is 0 Å². The summed E-state index contributed by atoms with van der Waals surface area (Å²) in [5.41, 5.74) is 0. The molecule has 0 bridgehead atoms. The van der Waals surface area contributed by atoms with Crippen LogP contribution < -0.4 is 5.32 Å². The molecule has 0 aliphatic carbocycles. The zero-order valence-corrected chi connectivity index (χ0v) is 10.5. The predicted molar refractivity (Wildman–Crippen MR) is 65.6 cm³/mol.